The minimum absolute atomic E-state index is 0.163. The molecule has 3 heterocycles. The summed E-state index contributed by atoms with van der Waals surface area (Å²) in [4.78, 5) is 41.2. The number of anilines is 2. The zero-order valence-electron chi connectivity index (χ0n) is 19.4. The average Bonchev–Trinajstić information content (AvgIpc) is 3.45. The highest BCUT2D eigenvalue weighted by Crippen LogP contribution is 2.35. The molecule has 0 atom stereocenters. The molecule has 0 spiro atoms. The maximum atomic E-state index is 12.8. The molecule has 2 aromatic carbocycles. The van der Waals surface area contributed by atoms with Gasteiger partial charge in [0.15, 0.2) is 0 Å². The Hall–Kier alpha value is -3.24. The van der Waals surface area contributed by atoms with Crippen molar-refractivity contribution in [3.63, 3.8) is 0 Å². The Labute approximate surface area is 227 Å². The predicted octanol–water partition coefficient (Wildman–Crippen LogP) is 5.77. The zero-order valence-corrected chi connectivity index (χ0v) is 21.7. The highest BCUT2D eigenvalue weighted by Gasteiger charge is 2.36. The van der Waals surface area contributed by atoms with Crippen molar-refractivity contribution in [1.82, 2.24) is 4.90 Å². The number of nitrogens with one attached hydrogen (secondary N) is 1. The summed E-state index contributed by atoms with van der Waals surface area (Å²) in [5.41, 5.74) is 2.26. The molecule has 3 amide bonds. The van der Waals surface area contributed by atoms with Crippen LogP contribution in [0.25, 0.3) is 17.4 Å². The molecular formula is C26H21Cl2N3O5S. The van der Waals surface area contributed by atoms with Gasteiger partial charge in [-0.3, -0.25) is 19.3 Å². The van der Waals surface area contributed by atoms with Gasteiger partial charge in [0, 0.05) is 41.1 Å². The summed E-state index contributed by atoms with van der Waals surface area (Å²) in [6.07, 6.45) is 1.47. The maximum absolute atomic E-state index is 12.8. The van der Waals surface area contributed by atoms with Gasteiger partial charge in [-0.2, -0.15) is 0 Å². The number of halogens is 2. The number of imide groups is 1. The molecule has 2 aliphatic rings. The smallest absolute Gasteiger partial charge is 0.294 e. The first-order chi connectivity index (χ1) is 17.9. The lowest BCUT2D eigenvalue weighted by molar-refractivity contribution is -0.127. The average molecular weight is 558 g/mol. The van der Waals surface area contributed by atoms with Gasteiger partial charge in [0.1, 0.15) is 18.1 Å². The summed E-state index contributed by atoms with van der Waals surface area (Å²) in [5.74, 6) is -0.168. The molecular weight excluding hydrogens is 537 g/mol. The summed E-state index contributed by atoms with van der Waals surface area (Å²) in [6, 6.07) is 15.8. The van der Waals surface area contributed by atoms with Crippen molar-refractivity contribution in [2.75, 3.05) is 43.1 Å². The third kappa shape index (κ3) is 5.86. The van der Waals surface area contributed by atoms with E-state index in [-0.39, 0.29) is 4.91 Å². The highest BCUT2D eigenvalue weighted by atomic mass is 35.5. The van der Waals surface area contributed by atoms with Gasteiger partial charge in [0.25, 0.3) is 11.1 Å². The van der Waals surface area contributed by atoms with Crippen molar-refractivity contribution in [1.29, 1.82) is 0 Å². The largest absolute Gasteiger partial charge is 0.457 e. The molecule has 8 nitrogen and oxygen atoms in total. The molecule has 2 fully saturated rings. The number of morpholine rings is 1. The van der Waals surface area contributed by atoms with Crippen LogP contribution in [0, 0.1) is 0 Å². The minimum Gasteiger partial charge on any atom is -0.457 e. The molecule has 37 heavy (non-hydrogen) atoms. The van der Waals surface area contributed by atoms with Crippen LogP contribution in [0.1, 0.15) is 5.76 Å². The van der Waals surface area contributed by atoms with Crippen LogP contribution in [0.2, 0.25) is 10.0 Å². The van der Waals surface area contributed by atoms with Gasteiger partial charge in [-0.15, -0.1) is 0 Å². The van der Waals surface area contributed by atoms with Crippen LogP contribution in [0.15, 0.2) is 63.9 Å². The molecule has 0 saturated carbocycles. The number of rotatable bonds is 6. The number of thioether (sulfide) groups is 1. The van der Waals surface area contributed by atoms with E-state index in [4.69, 9.17) is 32.4 Å². The second-order valence-electron chi connectivity index (χ2n) is 8.29. The van der Waals surface area contributed by atoms with Gasteiger partial charge < -0.3 is 19.4 Å². The lowest BCUT2D eigenvalue weighted by Gasteiger charge is -2.28. The summed E-state index contributed by atoms with van der Waals surface area (Å²) in [5, 5.41) is 3.14. The van der Waals surface area contributed by atoms with E-state index in [9.17, 15) is 14.4 Å². The van der Waals surface area contributed by atoms with Crippen LogP contribution in [0.4, 0.5) is 16.2 Å². The molecule has 11 heteroatoms. The van der Waals surface area contributed by atoms with E-state index < -0.39 is 23.6 Å². The first-order valence-corrected chi connectivity index (χ1v) is 13.0. The van der Waals surface area contributed by atoms with E-state index in [1.165, 1.54) is 6.08 Å². The first kappa shape index (κ1) is 25.4. The zero-order chi connectivity index (χ0) is 25.9. The number of hydrogen-bond donors (Lipinski definition) is 1. The number of ether oxygens (including phenoxy) is 1. The quantitative estimate of drug-likeness (QED) is 0.385. The van der Waals surface area contributed by atoms with Gasteiger partial charge >= 0.3 is 0 Å². The second kappa shape index (κ2) is 11.0. The van der Waals surface area contributed by atoms with E-state index in [1.54, 1.807) is 42.5 Å². The lowest BCUT2D eigenvalue weighted by Crippen LogP contribution is -2.36. The Morgan fingerprint density at radius 1 is 1.03 bits per heavy atom. The molecule has 0 unspecified atom stereocenters. The number of furan rings is 1. The van der Waals surface area contributed by atoms with E-state index in [2.05, 4.69) is 10.2 Å². The topological polar surface area (TPSA) is 92.1 Å². The van der Waals surface area contributed by atoms with Crippen molar-refractivity contribution in [2.45, 2.75) is 0 Å². The van der Waals surface area contributed by atoms with E-state index >= 15 is 0 Å². The molecule has 5 rings (SSSR count). The second-order valence-corrected chi connectivity index (χ2v) is 10.1. The third-order valence-electron chi connectivity index (χ3n) is 5.80. The normalized spacial score (nSPS) is 17.1. The lowest BCUT2D eigenvalue weighted by atomic mass is 10.2. The van der Waals surface area contributed by atoms with Crippen LogP contribution in [0.5, 0.6) is 0 Å². The van der Waals surface area contributed by atoms with E-state index in [1.807, 2.05) is 12.1 Å². The molecule has 0 aliphatic carbocycles. The fourth-order valence-corrected chi connectivity index (χ4v) is 5.27. The van der Waals surface area contributed by atoms with Crippen LogP contribution < -0.4 is 10.2 Å². The van der Waals surface area contributed by atoms with Gasteiger partial charge in [-0.1, -0.05) is 23.2 Å². The third-order valence-corrected chi connectivity index (χ3v) is 7.25. The Kier molecular flexibility index (Phi) is 7.57. The number of nitrogens with zero attached hydrogens (tertiary/aromatic N) is 2. The Morgan fingerprint density at radius 3 is 2.51 bits per heavy atom. The molecule has 3 aromatic rings. The molecule has 0 radical (unpaired) electrons. The fraction of sp³-hybridized carbons (Fsp3) is 0.192. The van der Waals surface area contributed by atoms with Crippen LogP contribution in [-0.2, 0) is 14.3 Å². The molecule has 1 aromatic heterocycles. The Bertz CT molecular complexity index is 1380. The molecule has 2 saturated heterocycles. The SMILES string of the molecule is O=C(CN1C(=O)S/C(=C/c2ccc(-c3ccc(Cl)cc3Cl)o2)C1=O)Nc1ccc(N2CCOCC2)cc1. The Morgan fingerprint density at radius 2 is 1.78 bits per heavy atom. The predicted molar refractivity (Wildman–Crippen MR) is 145 cm³/mol. The number of hydrogen-bond acceptors (Lipinski definition) is 7. The highest BCUT2D eigenvalue weighted by molar-refractivity contribution is 8.18. The molecule has 0 bridgehead atoms. The maximum Gasteiger partial charge on any atom is 0.294 e. The minimum atomic E-state index is -0.560. The van der Waals surface area contributed by atoms with Crippen molar-refractivity contribution in [3.05, 3.63) is 75.3 Å². The fourth-order valence-electron chi connectivity index (χ4n) is 3.95. The van der Waals surface area contributed by atoms with Crippen molar-refractivity contribution >= 4 is 69.5 Å². The first-order valence-electron chi connectivity index (χ1n) is 11.4. The van der Waals surface area contributed by atoms with Crippen LogP contribution in [0.3, 0.4) is 0 Å². The summed E-state index contributed by atoms with van der Waals surface area (Å²) >= 11 is 12.9. The molecule has 2 aliphatic heterocycles. The van der Waals surface area contributed by atoms with Crippen molar-refractivity contribution in [2.24, 2.45) is 0 Å². The number of carbonyl (C=O) groups is 3. The van der Waals surface area contributed by atoms with Gasteiger partial charge in [0.05, 0.1) is 23.1 Å². The van der Waals surface area contributed by atoms with Gasteiger partial charge in [-0.05, 0) is 66.4 Å². The van der Waals surface area contributed by atoms with Crippen LogP contribution >= 0.6 is 35.0 Å². The van der Waals surface area contributed by atoms with Gasteiger partial charge in [-0.25, -0.2) is 0 Å². The molecule has 1 N–H and O–H groups in total. The number of benzene rings is 2. The number of carbonyl (C=O) groups excluding carboxylic acids is 3. The summed E-state index contributed by atoms with van der Waals surface area (Å²) in [7, 11) is 0. The van der Waals surface area contributed by atoms with Crippen molar-refractivity contribution in [3.8, 4) is 11.3 Å². The molecule has 190 valence electrons. The summed E-state index contributed by atoms with van der Waals surface area (Å²) in [6.45, 7) is 2.60. The summed E-state index contributed by atoms with van der Waals surface area (Å²) < 4.78 is 11.2. The van der Waals surface area contributed by atoms with Gasteiger partial charge in [0.2, 0.25) is 5.91 Å². The van der Waals surface area contributed by atoms with E-state index in [0.29, 0.717) is 46.0 Å². The monoisotopic (exact) mass is 557 g/mol. The number of amides is 3. The van der Waals surface area contributed by atoms with Crippen LogP contribution in [-0.4, -0.2) is 54.8 Å². The van der Waals surface area contributed by atoms with Crippen molar-refractivity contribution < 1.29 is 23.5 Å². The standard InChI is InChI=1S/C26H21Cl2N3O5S/c27-16-1-7-20(21(28)13-16)22-8-6-19(36-22)14-23-25(33)31(26(34)37-23)15-24(32)29-17-2-4-18(5-3-17)30-9-11-35-12-10-30/h1-8,13-14H,9-12,15H2,(H,29,32)/b23-14+. The van der Waals surface area contributed by atoms with E-state index in [0.717, 1.165) is 35.4 Å². The Balaban J connectivity index is 1.21.